The lowest BCUT2D eigenvalue weighted by molar-refractivity contribution is -0.130. The van der Waals surface area contributed by atoms with E-state index in [1.807, 2.05) is 48.2 Å². The number of piperazine rings is 1. The summed E-state index contributed by atoms with van der Waals surface area (Å²) in [5, 5.41) is -0.106. The molecule has 0 N–H and O–H groups in total. The maximum Gasteiger partial charge on any atom is 0.235 e. The SMILES string of the molecule is COc1ccc(SC(C)C(=O)N2CCN(c3ccc(OC)cc3)CC2)cc1. The molecule has 1 unspecified atom stereocenters. The van der Waals surface area contributed by atoms with Crippen LogP contribution in [0.3, 0.4) is 0 Å². The molecule has 2 aromatic carbocycles. The number of amides is 1. The van der Waals surface area contributed by atoms with Gasteiger partial charge in [0.15, 0.2) is 0 Å². The molecule has 0 spiro atoms. The standard InChI is InChI=1S/C21H26N2O3S/c1-16(27-20-10-8-19(26-3)9-11-20)21(24)23-14-12-22(13-15-23)17-4-6-18(25-2)7-5-17/h4-11,16H,12-15H2,1-3H3. The number of benzene rings is 2. The number of thioether (sulfide) groups is 1. The van der Waals surface area contributed by atoms with Crippen molar-refractivity contribution in [3.05, 3.63) is 48.5 Å². The number of carbonyl (C=O) groups is 1. The third-order valence-corrected chi connectivity index (χ3v) is 5.85. The Balaban J connectivity index is 1.52. The van der Waals surface area contributed by atoms with Gasteiger partial charge in [0, 0.05) is 36.8 Å². The van der Waals surface area contributed by atoms with E-state index in [1.54, 1.807) is 26.0 Å². The van der Waals surface area contributed by atoms with Gasteiger partial charge in [0.25, 0.3) is 0 Å². The molecule has 1 aliphatic heterocycles. The van der Waals surface area contributed by atoms with E-state index < -0.39 is 0 Å². The van der Waals surface area contributed by atoms with Gasteiger partial charge in [0.1, 0.15) is 11.5 Å². The number of hydrogen-bond donors (Lipinski definition) is 0. The number of rotatable bonds is 6. The van der Waals surface area contributed by atoms with Crippen molar-refractivity contribution in [2.24, 2.45) is 0 Å². The van der Waals surface area contributed by atoms with Crippen molar-refractivity contribution in [3.8, 4) is 11.5 Å². The summed E-state index contributed by atoms with van der Waals surface area (Å²) in [6.07, 6.45) is 0. The molecule has 1 fully saturated rings. The highest BCUT2D eigenvalue weighted by molar-refractivity contribution is 8.00. The molecule has 1 heterocycles. The highest BCUT2D eigenvalue weighted by Crippen LogP contribution is 2.27. The summed E-state index contributed by atoms with van der Waals surface area (Å²) in [5.74, 6) is 1.88. The molecule has 1 amide bonds. The fourth-order valence-electron chi connectivity index (χ4n) is 3.14. The average Bonchev–Trinajstić information content (AvgIpc) is 2.74. The van der Waals surface area contributed by atoms with Crippen molar-refractivity contribution in [1.82, 2.24) is 4.90 Å². The van der Waals surface area contributed by atoms with E-state index in [0.717, 1.165) is 42.6 Å². The molecule has 0 bridgehead atoms. The Bertz CT molecular complexity index is 741. The molecule has 27 heavy (non-hydrogen) atoms. The Labute approximate surface area is 165 Å². The van der Waals surface area contributed by atoms with Gasteiger partial charge in [-0.05, 0) is 55.5 Å². The first-order chi connectivity index (χ1) is 13.1. The smallest absolute Gasteiger partial charge is 0.235 e. The van der Waals surface area contributed by atoms with Gasteiger partial charge in [0.05, 0.1) is 19.5 Å². The van der Waals surface area contributed by atoms with Crippen LogP contribution in [0.25, 0.3) is 0 Å². The van der Waals surface area contributed by atoms with Gasteiger partial charge in [-0.2, -0.15) is 0 Å². The molecule has 0 radical (unpaired) electrons. The Morgan fingerprint density at radius 3 is 1.93 bits per heavy atom. The minimum Gasteiger partial charge on any atom is -0.497 e. The highest BCUT2D eigenvalue weighted by Gasteiger charge is 2.25. The maximum absolute atomic E-state index is 12.8. The van der Waals surface area contributed by atoms with Crippen molar-refractivity contribution < 1.29 is 14.3 Å². The first-order valence-electron chi connectivity index (χ1n) is 9.09. The van der Waals surface area contributed by atoms with Crippen LogP contribution >= 0.6 is 11.8 Å². The van der Waals surface area contributed by atoms with Crippen LogP contribution in [0.1, 0.15) is 6.92 Å². The number of anilines is 1. The van der Waals surface area contributed by atoms with Gasteiger partial charge in [-0.15, -0.1) is 11.8 Å². The first kappa shape index (κ1) is 19.4. The van der Waals surface area contributed by atoms with Crippen LogP contribution in [0.15, 0.2) is 53.4 Å². The number of hydrogen-bond acceptors (Lipinski definition) is 5. The van der Waals surface area contributed by atoms with Crippen molar-refractivity contribution in [3.63, 3.8) is 0 Å². The Morgan fingerprint density at radius 2 is 1.41 bits per heavy atom. The van der Waals surface area contributed by atoms with E-state index in [2.05, 4.69) is 17.0 Å². The van der Waals surface area contributed by atoms with E-state index in [4.69, 9.17) is 9.47 Å². The zero-order valence-electron chi connectivity index (χ0n) is 16.1. The quantitative estimate of drug-likeness (QED) is 0.711. The second-order valence-corrected chi connectivity index (χ2v) is 7.86. The van der Waals surface area contributed by atoms with E-state index in [9.17, 15) is 4.79 Å². The molecule has 1 saturated heterocycles. The summed E-state index contributed by atoms with van der Waals surface area (Å²) in [6, 6.07) is 15.9. The van der Waals surface area contributed by atoms with Crippen LogP contribution < -0.4 is 14.4 Å². The zero-order valence-corrected chi connectivity index (χ0v) is 16.9. The number of methoxy groups -OCH3 is 2. The number of nitrogens with zero attached hydrogens (tertiary/aromatic N) is 2. The predicted molar refractivity (Wildman–Crippen MR) is 110 cm³/mol. The van der Waals surface area contributed by atoms with Gasteiger partial charge >= 0.3 is 0 Å². The lowest BCUT2D eigenvalue weighted by Crippen LogP contribution is -2.50. The summed E-state index contributed by atoms with van der Waals surface area (Å²) < 4.78 is 10.4. The number of carbonyl (C=O) groups excluding carboxylic acids is 1. The molecule has 144 valence electrons. The largest absolute Gasteiger partial charge is 0.497 e. The van der Waals surface area contributed by atoms with Crippen LogP contribution in [0, 0.1) is 0 Å². The minimum atomic E-state index is -0.106. The molecular weight excluding hydrogens is 360 g/mol. The van der Waals surface area contributed by atoms with Crippen LogP contribution in [0.5, 0.6) is 11.5 Å². The molecule has 5 nitrogen and oxygen atoms in total. The van der Waals surface area contributed by atoms with E-state index in [-0.39, 0.29) is 11.2 Å². The molecule has 3 rings (SSSR count). The minimum absolute atomic E-state index is 0.106. The Kier molecular flexibility index (Phi) is 6.50. The van der Waals surface area contributed by atoms with E-state index >= 15 is 0 Å². The highest BCUT2D eigenvalue weighted by atomic mass is 32.2. The molecule has 0 aliphatic carbocycles. The first-order valence-corrected chi connectivity index (χ1v) is 9.97. The van der Waals surface area contributed by atoms with Crippen LogP contribution in [0.4, 0.5) is 5.69 Å². The predicted octanol–water partition coefficient (Wildman–Crippen LogP) is 3.53. The zero-order chi connectivity index (χ0) is 19.2. The van der Waals surface area contributed by atoms with Gasteiger partial charge in [-0.3, -0.25) is 4.79 Å². The molecular formula is C21H26N2O3S. The lowest BCUT2D eigenvalue weighted by atomic mass is 10.2. The summed E-state index contributed by atoms with van der Waals surface area (Å²) in [6.45, 7) is 5.17. The Hall–Kier alpha value is -2.34. The second kappa shape index (κ2) is 9.04. The van der Waals surface area contributed by atoms with Gasteiger partial charge < -0.3 is 19.3 Å². The van der Waals surface area contributed by atoms with Gasteiger partial charge in [0.2, 0.25) is 5.91 Å². The average molecular weight is 387 g/mol. The van der Waals surface area contributed by atoms with E-state index in [0.29, 0.717) is 0 Å². The molecule has 6 heteroatoms. The normalized spacial score (nSPS) is 15.4. The van der Waals surface area contributed by atoms with Crippen molar-refractivity contribution in [1.29, 1.82) is 0 Å². The van der Waals surface area contributed by atoms with Crippen molar-refractivity contribution in [2.75, 3.05) is 45.3 Å². The summed E-state index contributed by atoms with van der Waals surface area (Å²) in [7, 11) is 3.32. The van der Waals surface area contributed by atoms with E-state index in [1.165, 1.54) is 5.69 Å². The molecule has 2 aromatic rings. The number of ether oxygens (including phenoxy) is 2. The second-order valence-electron chi connectivity index (χ2n) is 6.45. The molecule has 0 saturated carbocycles. The fraction of sp³-hybridized carbons (Fsp3) is 0.381. The maximum atomic E-state index is 12.8. The summed E-state index contributed by atoms with van der Waals surface area (Å²) in [5.41, 5.74) is 1.17. The molecule has 1 atom stereocenters. The van der Waals surface area contributed by atoms with Crippen molar-refractivity contribution in [2.45, 2.75) is 17.1 Å². The van der Waals surface area contributed by atoms with Crippen LogP contribution in [0.2, 0.25) is 0 Å². The molecule has 1 aliphatic rings. The topological polar surface area (TPSA) is 42.0 Å². The third-order valence-electron chi connectivity index (χ3n) is 4.75. The van der Waals surface area contributed by atoms with Crippen LogP contribution in [-0.2, 0) is 4.79 Å². The summed E-state index contributed by atoms with van der Waals surface area (Å²) >= 11 is 1.59. The van der Waals surface area contributed by atoms with Crippen molar-refractivity contribution >= 4 is 23.4 Å². The third kappa shape index (κ3) is 4.89. The van der Waals surface area contributed by atoms with Crippen LogP contribution in [-0.4, -0.2) is 56.5 Å². The lowest BCUT2D eigenvalue weighted by Gasteiger charge is -2.37. The monoisotopic (exact) mass is 386 g/mol. The molecule has 0 aromatic heterocycles. The Morgan fingerprint density at radius 1 is 0.889 bits per heavy atom. The fourth-order valence-corrected chi connectivity index (χ4v) is 4.10. The summed E-state index contributed by atoms with van der Waals surface area (Å²) in [4.78, 5) is 18.2. The van der Waals surface area contributed by atoms with Gasteiger partial charge in [-0.1, -0.05) is 0 Å². The van der Waals surface area contributed by atoms with Gasteiger partial charge in [-0.25, -0.2) is 0 Å².